The van der Waals surface area contributed by atoms with Gasteiger partial charge >= 0.3 is 64.8 Å². The maximum atomic E-state index is 12.6. The zero-order valence-electron chi connectivity index (χ0n) is 34.2. The molecule has 0 amide bonds. The summed E-state index contributed by atoms with van der Waals surface area (Å²) >= 11 is 0. The SMILES string of the molecule is CC1(CC(=O)O)C2C=C3NC(C=c4[n-]c(c(CCC(=O)O)c4CC(=O)O)=Cc4[n-]c(c(CC(=O)O)c4CCC(=O)O)C=C(N2)C1CCC(=O)O)C(C)(CC(=O)O)C3CCC(=O)O.[Fe+4]. The van der Waals surface area contributed by atoms with E-state index in [1.165, 1.54) is 18.2 Å². The van der Waals surface area contributed by atoms with Gasteiger partial charge in [0.1, 0.15) is 0 Å². The van der Waals surface area contributed by atoms with Crippen LogP contribution in [-0.4, -0.2) is 101 Å². The Morgan fingerprint density at radius 1 is 0.508 bits per heavy atom. The molecule has 63 heavy (non-hydrogen) atoms. The third-order valence-corrected chi connectivity index (χ3v) is 12.3. The summed E-state index contributed by atoms with van der Waals surface area (Å²) in [5, 5.41) is 86.5. The second-order valence-electron chi connectivity index (χ2n) is 16.5. The molecule has 2 aromatic heterocycles. The quantitative estimate of drug-likeness (QED) is 0.0813. The van der Waals surface area contributed by atoms with E-state index >= 15 is 0 Å². The van der Waals surface area contributed by atoms with Gasteiger partial charge in [0.05, 0.1) is 31.7 Å². The van der Waals surface area contributed by atoms with Crippen molar-refractivity contribution < 1.29 is 96.3 Å². The largest absolute Gasteiger partial charge is 4.00 e. The van der Waals surface area contributed by atoms with E-state index in [2.05, 4.69) is 10.6 Å². The van der Waals surface area contributed by atoms with Crippen LogP contribution >= 0.6 is 0 Å². The van der Waals surface area contributed by atoms with Crippen LogP contribution in [0.1, 0.15) is 98.9 Å². The number of carboxylic acid groups (broad SMARTS) is 8. The van der Waals surface area contributed by atoms with Crippen molar-refractivity contribution in [3.8, 4) is 0 Å². The van der Waals surface area contributed by atoms with Gasteiger partial charge in [-0.15, -0.1) is 22.1 Å². The summed E-state index contributed by atoms with van der Waals surface area (Å²) in [6.45, 7) is 3.24. The molecule has 0 saturated carbocycles. The monoisotopic (exact) mass is 920 g/mol. The second kappa shape index (κ2) is 19.8. The Hall–Kier alpha value is -6.34. The molecule has 2 saturated heterocycles. The Morgan fingerprint density at radius 3 is 1.44 bits per heavy atom. The minimum atomic E-state index is -1.35. The van der Waals surface area contributed by atoms with Crippen LogP contribution < -0.4 is 31.3 Å². The second-order valence-corrected chi connectivity index (χ2v) is 16.5. The van der Waals surface area contributed by atoms with Crippen LogP contribution in [0.5, 0.6) is 0 Å². The molecule has 2 fully saturated rings. The van der Waals surface area contributed by atoms with Crippen LogP contribution in [0.3, 0.4) is 0 Å². The molecule has 338 valence electrons. The van der Waals surface area contributed by atoms with Crippen molar-refractivity contribution in [2.45, 2.75) is 103 Å². The smallest absolute Gasteiger partial charge is 0.658 e. The molecule has 0 spiro atoms. The fourth-order valence-electron chi connectivity index (χ4n) is 9.41. The van der Waals surface area contributed by atoms with E-state index in [1.807, 2.05) is 0 Å². The van der Waals surface area contributed by atoms with Gasteiger partial charge in [-0.05, 0) is 42.9 Å². The zero-order valence-corrected chi connectivity index (χ0v) is 35.3. The average molecular weight is 921 g/mol. The molecule has 3 aliphatic heterocycles. The molecule has 0 aromatic carbocycles. The standard InChI is InChI=1S/C42H48N4O16.Fe/c1-41(17-39(59)60)23(5-9-35(51)52)29-14-27-21(11-37(55)56)19(3-7-33(47)48)25(43-27)13-26-20(4-8-34(49)50)22(12-38(57)58)28(44-26)15-31-42(2,18-40(61)62)24(6-10-36(53)54)30(46-31)16-32(41)45-29;/h13-16,23-24,31-32,45-46H,3-12,17-18H2,1-2H3,(H,47,48)(H,49,50)(H,51,52)(H,53,54)(H,55,56)(H,57,58)(H,59,60)(H,61,62);/q-2;+4. The number of aromatic nitrogens is 2. The van der Waals surface area contributed by atoms with E-state index < -0.39 is 134 Å². The molecule has 3 aliphatic rings. The number of hydrogen-bond donors (Lipinski definition) is 10. The number of aliphatic carboxylic acids is 8. The van der Waals surface area contributed by atoms with E-state index in [9.17, 15) is 79.2 Å². The van der Waals surface area contributed by atoms with Gasteiger partial charge in [-0.2, -0.15) is 0 Å². The summed E-state index contributed by atoms with van der Waals surface area (Å²) < 4.78 is 0. The maximum absolute atomic E-state index is 12.6. The number of nitrogens with zero attached hydrogens (tertiary/aromatic N) is 2. The number of carbonyl (C=O) groups is 8. The molecule has 6 unspecified atom stereocenters. The van der Waals surface area contributed by atoms with Crippen molar-refractivity contribution >= 4 is 66.0 Å². The summed E-state index contributed by atoms with van der Waals surface area (Å²) in [7, 11) is 0. The Kier molecular flexibility index (Phi) is 15.5. The Bertz CT molecular complexity index is 2400. The minimum absolute atomic E-state index is 0. The summed E-state index contributed by atoms with van der Waals surface area (Å²) in [6, 6.07) is -1.98. The van der Waals surface area contributed by atoms with Crippen LogP contribution in [0.15, 0.2) is 17.5 Å². The fraction of sp³-hybridized carbons (Fsp3) is 0.476. The van der Waals surface area contributed by atoms with E-state index in [4.69, 9.17) is 9.97 Å². The third-order valence-electron chi connectivity index (χ3n) is 12.3. The van der Waals surface area contributed by atoms with Gasteiger partial charge in [-0.3, -0.25) is 38.4 Å². The normalized spacial score (nSPS) is 23.3. The van der Waals surface area contributed by atoms with Gasteiger partial charge in [0.15, 0.2) is 0 Å². The molecule has 0 aliphatic carbocycles. The van der Waals surface area contributed by atoms with Gasteiger partial charge in [-0.25, -0.2) is 0 Å². The van der Waals surface area contributed by atoms with Crippen molar-refractivity contribution in [2.24, 2.45) is 22.7 Å². The van der Waals surface area contributed by atoms with Crippen LogP contribution in [0.25, 0.3) is 18.2 Å². The van der Waals surface area contributed by atoms with E-state index in [-0.39, 0.29) is 92.8 Å². The molecular weight excluding hydrogens is 872 g/mol. The summed E-state index contributed by atoms with van der Waals surface area (Å²) in [4.78, 5) is 107. The molecule has 6 atom stereocenters. The number of carboxylic acids is 8. The molecule has 5 rings (SSSR count). The first-order valence-electron chi connectivity index (χ1n) is 19.8. The third kappa shape index (κ3) is 11.2. The molecule has 20 nitrogen and oxygen atoms in total. The van der Waals surface area contributed by atoms with Crippen molar-refractivity contribution in [2.75, 3.05) is 0 Å². The molecule has 0 radical (unpaired) electrons. The first-order valence-corrected chi connectivity index (χ1v) is 19.8. The molecule has 10 N–H and O–H groups in total. The molecule has 8 bridgehead atoms. The molecular formula is C42H48FeN4O16+2. The predicted octanol–water partition coefficient (Wildman–Crippen LogP) is 0.602. The molecule has 5 heterocycles. The Labute approximate surface area is 369 Å². The van der Waals surface area contributed by atoms with Gasteiger partial charge < -0.3 is 61.5 Å². The van der Waals surface area contributed by atoms with Crippen molar-refractivity contribution in [1.82, 2.24) is 20.6 Å². The maximum Gasteiger partial charge on any atom is 4.00 e. The summed E-state index contributed by atoms with van der Waals surface area (Å²) in [5.74, 6) is -11.7. The predicted molar refractivity (Wildman–Crippen MR) is 213 cm³/mol. The van der Waals surface area contributed by atoms with Crippen LogP contribution in [0, 0.1) is 22.7 Å². The van der Waals surface area contributed by atoms with Crippen LogP contribution in [0.4, 0.5) is 0 Å². The average Bonchev–Trinajstić information content (AvgIpc) is 3.77. The van der Waals surface area contributed by atoms with Crippen molar-refractivity contribution in [3.63, 3.8) is 0 Å². The van der Waals surface area contributed by atoms with Crippen molar-refractivity contribution in [1.29, 1.82) is 0 Å². The van der Waals surface area contributed by atoms with Gasteiger partial charge in [0.2, 0.25) is 0 Å². The number of hydrogen-bond acceptors (Lipinski definition) is 10. The number of rotatable bonds is 20. The van der Waals surface area contributed by atoms with E-state index in [0.717, 1.165) is 0 Å². The van der Waals surface area contributed by atoms with E-state index in [0.29, 0.717) is 5.70 Å². The van der Waals surface area contributed by atoms with Gasteiger partial charge in [-0.1, -0.05) is 43.2 Å². The van der Waals surface area contributed by atoms with Crippen LogP contribution in [0.2, 0.25) is 0 Å². The Morgan fingerprint density at radius 2 is 0.952 bits per heavy atom. The van der Waals surface area contributed by atoms with Gasteiger partial charge in [0.25, 0.3) is 0 Å². The Balaban J connectivity index is 0.00000871. The minimum Gasteiger partial charge on any atom is -0.658 e. The number of fused-ring (bicyclic) bond motifs is 8. The fourth-order valence-corrected chi connectivity index (χ4v) is 9.41. The zero-order chi connectivity index (χ0) is 45.8. The molecule has 2 aromatic rings. The number of nitrogens with one attached hydrogen (secondary N) is 2. The number of allylic oxidation sites excluding steroid dienone is 2. The summed E-state index contributed by atoms with van der Waals surface area (Å²) in [5.41, 5.74) is -1.56. The first-order chi connectivity index (χ1) is 29.0. The van der Waals surface area contributed by atoms with Crippen molar-refractivity contribution in [3.05, 3.63) is 61.8 Å². The van der Waals surface area contributed by atoms with E-state index in [1.54, 1.807) is 19.9 Å². The summed E-state index contributed by atoms with van der Waals surface area (Å²) in [6.07, 6.45) is 1.02. The van der Waals surface area contributed by atoms with Crippen LogP contribution in [-0.2, 0) is 81.1 Å². The van der Waals surface area contributed by atoms with Gasteiger partial charge in [0, 0.05) is 65.8 Å². The molecule has 21 heteroatoms. The first kappa shape index (κ1) is 49.3. The topological polar surface area (TPSA) is 351 Å².